The van der Waals surface area contributed by atoms with Gasteiger partial charge in [-0.2, -0.15) is 0 Å². The third-order valence-corrected chi connectivity index (χ3v) is 5.82. The Bertz CT molecular complexity index is 989. The van der Waals surface area contributed by atoms with Crippen LogP contribution in [-0.2, 0) is 17.9 Å². The van der Waals surface area contributed by atoms with Gasteiger partial charge in [0.25, 0.3) is 11.5 Å². The zero-order valence-electron chi connectivity index (χ0n) is 16.7. The zero-order chi connectivity index (χ0) is 21.1. The standard InChI is InChI=1S/C22H25FN4O3/c23-18-6-3-16(4-7-18)12-24-20(28)15-27-13-17(5-8-21(27)29)22(30)26-11-10-25-9-1-2-19(25)14-26/h3-8,13,19H,1-2,9-12,14-15H2,(H,24,28)/t19-/m0/s1. The van der Waals surface area contributed by atoms with E-state index >= 15 is 0 Å². The number of amides is 2. The lowest BCUT2D eigenvalue weighted by molar-refractivity contribution is -0.121. The largest absolute Gasteiger partial charge is 0.350 e. The summed E-state index contributed by atoms with van der Waals surface area (Å²) in [7, 11) is 0. The number of fused-ring (bicyclic) bond motifs is 1. The van der Waals surface area contributed by atoms with Gasteiger partial charge in [0.15, 0.2) is 0 Å². The molecule has 3 heterocycles. The minimum absolute atomic E-state index is 0.109. The molecule has 2 aliphatic rings. The molecule has 0 radical (unpaired) electrons. The second-order valence-corrected chi connectivity index (χ2v) is 7.87. The number of benzene rings is 1. The fourth-order valence-corrected chi connectivity index (χ4v) is 4.15. The van der Waals surface area contributed by atoms with E-state index in [4.69, 9.17) is 0 Å². The van der Waals surface area contributed by atoms with E-state index in [2.05, 4.69) is 10.2 Å². The van der Waals surface area contributed by atoms with Crippen LogP contribution >= 0.6 is 0 Å². The second-order valence-electron chi connectivity index (χ2n) is 7.87. The number of nitrogens with one attached hydrogen (secondary N) is 1. The van der Waals surface area contributed by atoms with Gasteiger partial charge in [-0.05, 0) is 43.1 Å². The second kappa shape index (κ2) is 8.79. The summed E-state index contributed by atoms with van der Waals surface area (Å²) >= 11 is 0. The van der Waals surface area contributed by atoms with Crippen molar-refractivity contribution in [2.24, 2.45) is 0 Å². The number of nitrogens with zero attached hydrogens (tertiary/aromatic N) is 3. The summed E-state index contributed by atoms with van der Waals surface area (Å²) < 4.78 is 14.2. The van der Waals surface area contributed by atoms with Crippen LogP contribution in [-0.4, -0.2) is 58.4 Å². The molecule has 30 heavy (non-hydrogen) atoms. The average Bonchev–Trinajstić information content (AvgIpc) is 3.22. The average molecular weight is 412 g/mol. The molecule has 8 heteroatoms. The van der Waals surface area contributed by atoms with Crippen LogP contribution in [0.25, 0.3) is 0 Å². The maximum atomic E-state index is 13.0. The molecule has 0 bridgehead atoms. The number of aromatic nitrogens is 1. The van der Waals surface area contributed by atoms with Gasteiger partial charge >= 0.3 is 0 Å². The van der Waals surface area contributed by atoms with Gasteiger partial charge < -0.3 is 14.8 Å². The van der Waals surface area contributed by atoms with Crippen LogP contribution in [0.3, 0.4) is 0 Å². The molecule has 2 amide bonds. The highest BCUT2D eigenvalue weighted by Crippen LogP contribution is 2.22. The Labute approximate surface area is 174 Å². The number of hydrogen-bond donors (Lipinski definition) is 1. The van der Waals surface area contributed by atoms with Gasteiger partial charge in [-0.1, -0.05) is 12.1 Å². The number of carbonyl (C=O) groups is 2. The third kappa shape index (κ3) is 4.59. The van der Waals surface area contributed by atoms with E-state index < -0.39 is 0 Å². The molecule has 0 saturated carbocycles. The molecular formula is C22H25FN4O3. The van der Waals surface area contributed by atoms with Crippen molar-refractivity contribution in [2.45, 2.75) is 32.0 Å². The molecule has 0 unspecified atom stereocenters. The first-order valence-electron chi connectivity index (χ1n) is 10.2. The molecule has 158 valence electrons. The van der Waals surface area contributed by atoms with Crippen LogP contribution in [0.5, 0.6) is 0 Å². The van der Waals surface area contributed by atoms with Crippen molar-refractivity contribution >= 4 is 11.8 Å². The molecular weight excluding hydrogens is 387 g/mol. The Kier molecular flexibility index (Phi) is 5.94. The first kappa shape index (κ1) is 20.3. The van der Waals surface area contributed by atoms with Crippen LogP contribution in [0.15, 0.2) is 47.4 Å². The molecule has 1 aromatic carbocycles. The molecule has 2 aliphatic heterocycles. The van der Waals surface area contributed by atoms with Crippen LogP contribution in [0, 0.1) is 5.82 Å². The SMILES string of the molecule is O=C(Cn1cc(C(=O)N2CCN3CCC[C@H]3C2)ccc1=O)NCc1ccc(F)cc1. The Morgan fingerprint density at radius 3 is 2.67 bits per heavy atom. The quantitative estimate of drug-likeness (QED) is 0.802. The van der Waals surface area contributed by atoms with Gasteiger partial charge in [0, 0.05) is 44.5 Å². The van der Waals surface area contributed by atoms with Crippen molar-refractivity contribution in [2.75, 3.05) is 26.2 Å². The van der Waals surface area contributed by atoms with Crippen molar-refractivity contribution in [3.8, 4) is 0 Å². The van der Waals surface area contributed by atoms with E-state index in [1.807, 2.05) is 4.90 Å². The van der Waals surface area contributed by atoms with E-state index in [-0.39, 0.29) is 36.3 Å². The van der Waals surface area contributed by atoms with Gasteiger partial charge in [0.1, 0.15) is 12.4 Å². The summed E-state index contributed by atoms with van der Waals surface area (Å²) in [6, 6.07) is 9.10. The monoisotopic (exact) mass is 412 g/mol. The van der Waals surface area contributed by atoms with Gasteiger partial charge in [-0.15, -0.1) is 0 Å². The van der Waals surface area contributed by atoms with Gasteiger partial charge in [-0.3, -0.25) is 19.3 Å². The first-order valence-corrected chi connectivity index (χ1v) is 10.2. The number of halogens is 1. The highest BCUT2D eigenvalue weighted by atomic mass is 19.1. The summed E-state index contributed by atoms with van der Waals surface area (Å²) in [5.74, 6) is -0.805. The number of rotatable bonds is 5. The third-order valence-electron chi connectivity index (χ3n) is 5.82. The summed E-state index contributed by atoms with van der Waals surface area (Å²) in [6.45, 7) is 3.41. The lowest BCUT2D eigenvalue weighted by Gasteiger charge is -2.37. The topological polar surface area (TPSA) is 74.7 Å². The minimum atomic E-state index is -0.356. The van der Waals surface area contributed by atoms with Crippen LogP contribution in [0.2, 0.25) is 0 Å². The van der Waals surface area contributed by atoms with E-state index in [1.54, 1.807) is 12.1 Å². The lowest BCUT2D eigenvalue weighted by Crippen LogP contribution is -2.52. The highest BCUT2D eigenvalue weighted by molar-refractivity contribution is 5.94. The van der Waals surface area contributed by atoms with E-state index in [0.29, 0.717) is 24.7 Å². The van der Waals surface area contributed by atoms with E-state index in [9.17, 15) is 18.8 Å². The lowest BCUT2D eigenvalue weighted by atomic mass is 10.1. The predicted molar refractivity (Wildman–Crippen MR) is 109 cm³/mol. The smallest absolute Gasteiger partial charge is 0.255 e. The fourth-order valence-electron chi connectivity index (χ4n) is 4.15. The van der Waals surface area contributed by atoms with Gasteiger partial charge in [0.05, 0.1) is 5.56 Å². The summed E-state index contributed by atoms with van der Waals surface area (Å²) in [5, 5.41) is 2.71. The van der Waals surface area contributed by atoms with Gasteiger partial charge in [-0.25, -0.2) is 4.39 Å². The molecule has 4 rings (SSSR count). The molecule has 1 atom stereocenters. The van der Waals surface area contributed by atoms with E-state index in [1.165, 1.54) is 41.5 Å². The van der Waals surface area contributed by atoms with Crippen molar-refractivity contribution in [1.82, 2.24) is 19.7 Å². The van der Waals surface area contributed by atoms with E-state index in [0.717, 1.165) is 25.1 Å². The Balaban J connectivity index is 1.38. The highest BCUT2D eigenvalue weighted by Gasteiger charge is 2.32. The maximum Gasteiger partial charge on any atom is 0.255 e. The van der Waals surface area contributed by atoms with Crippen molar-refractivity contribution in [3.63, 3.8) is 0 Å². The molecule has 0 aliphatic carbocycles. The predicted octanol–water partition coefficient (Wildman–Crippen LogP) is 1.22. The number of pyridine rings is 1. The summed E-state index contributed by atoms with van der Waals surface area (Å²) in [5.41, 5.74) is 0.823. The zero-order valence-corrected chi connectivity index (χ0v) is 16.7. The van der Waals surface area contributed by atoms with Crippen LogP contribution in [0.4, 0.5) is 4.39 Å². The van der Waals surface area contributed by atoms with Gasteiger partial charge in [0.2, 0.25) is 5.91 Å². The molecule has 7 nitrogen and oxygen atoms in total. The van der Waals surface area contributed by atoms with Crippen molar-refractivity contribution in [1.29, 1.82) is 0 Å². The number of carbonyl (C=O) groups excluding carboxylic acids is 2. The first-order chi connectivity index (χ1) is 14.5. The Hall–Kier alpha value is -3.00. The fraction of sp³-hybridized carbons (Fsp3) is 0.409. The normalized spacial score (nSPS) is 18.8. The summed E-state index contributed by atoms with van der Waals surface area (Å²) in [6.07, 6.45) is 3.74. The molecule has 0 spiro atoms. The maximum absolute atomic E-state index is 13.0. The Morgan fingerprint density at radius 2 is 1.87 bits per heavy atom. The number of piperazine rings is 1. The molecule has 2 aromatic rings. The van der Waals surface area contributed by atoms with Crippen LogP contribution in [0.1, 0.15) is 28.8 Å². The van der Waals surface area contributed by atoms with Crippen molar-refractivity contribution in [3.05, 3.63) is 69.9 Å². The molecule has 2 fully saturated rings. The molecule has 2 saturated heterocycles. The molecule has 1 N–H and O–H groups in total. The Morgan fingerprint density at radius 1 is 1.07 bits per heavy atom. The summed E-state index contributed by atoms with van der Waals surface area (Å²) in [4.78, 5) is 41.6. The molecule has 1 aromatic heterocycles. The number of hydrogen-bond acceptors (Lipinski definition) is 4. The van der Waals surface area contributed by atoms with Crippen LogP contribution < -0.4 is 10.9 Å². The van der Waals surface area contributed by atoms with Crippen molar-refractivity contribution < 1.29 is 14.0 Å². The minimum Gasteiger partial charge on any atom is -0.350 e.